The van der Waals surface area contributed by atoms with Crippen molar-refractivity contribution in [2.45, 2.75) is 32.9 Å². The minimum absolute atomic E-state index is 0.0869. The zero-order valence-electron chi connectivity index (χ0n) is 13.1. The van der Waals surface area contributed by atoms with E-state index in [9.17, 15) is 4.79 Å². The lowest BCUT2D eigenvalue weighted by Crippen LogP contribution is -2.19. The summed E-state index contributed by atoms with van der Waals surface area (Å²) in [5.74, 6) is 0.386. The number of carbonyl (C=O) groups is 1. The third kappa shape index (κ3) is 3.41. The predicted octanol–water partition coefficient (Wildman–Crippen LogP) is 3.00. The maximum atomic E-state index is 12.2. The Morgan fingerprint density at radius 1 is 1.48 bits per heavy atom. The molecule has 118 valence electrons. The monoisotopic (exact) mass is 326 g/mol. The zero-order chi connectivity index (χ0) is 16.4. The zero-order valence-corrected chi connectivity index (χ0v) is 13.9. The van der Waals surface area contributed by atoms with Gasteiger partial charge >= 0.3 is 0 Å². The van der Waals surface area contributed by atoms with Gasteiger partial charge in [0.2, 0.25) is 5.91 Å². The van der Waals surface area contributed by atoms with Crippen molar-refractivity contribution in [3.63, 3.8) is 0 Å². The first-order valence-electron chi connectivity index (χ1n) is 7.58. The Labute approximate surface area is 139 Å². The van der Waals surface area contributed by atoms with Crippen LogP contribution in [0.4, 0.5) is 5.13 Å². The number of thiazole rings is 1. The number of nitrogens with one attached hydrogen (secondary N) is 2. The van der Waals surface area contributed by atoms with Crippen LogP contribution in [-0.4, -0.2) is 10.9 Å². The van der Waals surface area contributed by atoms with Crippen LogP contribution in [0.5, 0.6) is 0 Å². The molecule has 1 atom stereocenters. The number of hydrogen-bond donors (Lipinski definition) is 2. The lowest BCUT2D eigenvalue weighted by Gasteiger charge is -2.14. The van der Waals surface area contributed by atoms with Gasteiger partial charge < -0.3 is 10.6 Å². The van der Waals surface area contributed by atoms with Crippen LogP contribution in [0.3, 0.4) is 0 Å². The molecule has 0 unspecified atom stereocenters. The molecule has 0 fully saturated rings. The molecular weight excluding hydrogens is 308 g/mol. The maximum Gasteiger partial charge on any atom is 0.230 e. The summed E-state index contributed by atoms with van der Waals surface area (Å²) in [7, 11) is 0. The molecular formula is C17H18N4OS. The van der Waals surface area contributed by atoms with E-state index in [0.29, 0.717) is 16.6 Å². The van der Waals surface area contributed by atoms with Gasteiger partial charge in [-0.3, -0.25) is 4.79 Å². The molecule has 0 aliphatic carbocycles. The third-order valence-electron chi connectivity index (χ3n) is 3.87. The van der Waals surface area contributed by atoms with Gasteiger partial charge in [0.1, 0.15) is 0 Å². The van der Waals surface area contributed by atoms with Gasteiger partial charge in [0.15, 0.2) is 5.13 Å². The van der Waals surface area contributed by atoms with Crippen molar-refractivity contribution in [3.05, 3.63) is 46.0 Å². The Morgan fingerprint density at radius 3 is 2.87 bits per heavy atom. The summed E-state index contributed by atoms with van der Waals surface area (Å²) < 4.78 is 0. The molecule has 0 radical (unpaired) electrons. The first-order chi connectivity index (χ1) is 11.1. The van der Waals surface area contributed by atoms with E-state index in [2.05, 4.69) is 35.5 Å². The Hall–Kier alpha value is -2.23. The molecule has 0 spiro atoms. The summed E-state index contributed by atoms with van der Waals surface area (Å²) >= 11 is 1.54. The van der Waals surface area contributed by atoms with Crippen LogP contribution in [0.1, 0.15) is 41.6 Å². The molecule has 0 bridgehead atoms. The lowest BCUT2D eigenvalue weighted by atomic mass is 10.0. The fraction of sp³-hybridized carbons (Fsp3) is 0.353. The maximum absolute atomic E-state index is 12.2. The number of hydrogen-bond acceptors (Lipinski definition) is 5. The van der Waals surface area contributed by atoms with E-state index in [1.54, 1.807) is 24.3 Å². The largest absolute Gasteiger partial charge is 0.303 e. The molecule has 6 heteroatoms. The van der Waals surface area contributed by atoms with Gasteiger partial charge in [0.25, 0.3) is 0 Å². The van der Waals surface area contributed by atoms with Crippen molar-refractivity contribution < 1.29 is 4.79 Å². The average molecular weight is 326 g/mol. The molecule has 1 aliphatic rings. The number of benzene rings is 1. The van der Waals surface area contributed by atoms with Crippen LogP contribution in [0.2, 0.25) is 0 Å². The number of rotatable bonds is 4. The number of aromatic nitrogens is 1. The van der Waals surface area contributed by atoms with E-state index in [0.717, 1.165) is 17.8 Å². The van der Waals surface area contributed by atoms with Gasteiger partial charge in [0, 0.05) is 11.4 Å². The molecule has 1 aliphatic heterocycles. The predicted molar refractivity (Wildman–Crippen MR) is 90.0 cm³/mol. The first-order valence-corrected chi connectivity index (χ1v) is 8.40. The Morgan fingerprint density at radius 2 is 2.22 bits per heavy atom. The van der Waals surface area contributed by atoms with Gasteiger partial charge in [-0.15, -0.1) is 11.3 Å². The summed E-state index contributed by atoms with van der Waals surface area (Å²) in [6.45, 7) is 5.14. The summed E-state index contributed by atoms with van der Waals surface area (Å²) in [5.41, 5.74) is 2.55. The number of fused-ring (bicyclic) bond motifs is 1. The number of anilines is 1. The van der Waals surface area contributed by atoms with Crippen LogP contribution in [0, 0.1) is 17.2 Å². The summed E-state index contributed by atoms with van der Waals surface area (Å²) in [6, 6.07) is 9.39. The minimum Gasteiger partial charge on any atom is -0.303 e. The highest BCUT2D eigenvalue weighted by Crippen LogP contribution is 2.35. The minimum atomic E-state index is -0.0869. The van der Waals surface area contributed by atoms with E-state index in [1.807, 2.05) is 0 Å². The molecule has 0 saturated carbocycles. The highest BCUT2D eigenvalue weighted by atomic mass is 32.1. The number of nitrogens with zero attached hydrogens (tertiary/aromatic N) is 2. The van der Waals surface area contributed by atoms with Gasteiger partial charge in [-0.2, -0.15) is 5.26 Å². The Balaban J connectivity index is 1.64. The molecule has 23 heavy (non-hydrogen) atoms. The summed E-state index contributed by atoms with van der Waals surface area (Å²) in [5, 5.41) is 15.8. The van der Waals surface area contributed by atoms with E-state index < -0.39 is 0 Å². The Bertz CT molecular complexity index is 758. The molecule has 5 nitrogen and oxygen atoms in total. The molecule has 0 saturated heterocycles. The smallest absolute Gasteiger partial charge is 0.230 e. The molecule has 3 rings (SSSR count). The van der Waals surface area contributed by atoms with E-state index in [1.165, 1.54) is 16.2 Å². The van der Waals surface area contributed by atoms with Crippen molar-refractivity contribution in [2.75, 3.05) is 5.32 Å². The lowest BCUT2D eigenvalue weighted by molar-refractivity contribution is -0.115. The van der Waals surface area contributed by atoms with Crippen molar-refractivity contribution in [1.82, 2.24) is 10.3 Å². The van der Waals surface area contributed by atoms with Crippen LogP contribution in [0.15, 0.2) is 24.3 Å². The van der Waals surface area contributed by atoms with Crippen molar-refractivity contribution in [2.24, 2.45) is 5.92 Å². The van der Waals surface area contributed by atoms with Crippen molar-refractivity contribution >= 4 is 22.4 Å². The summed E-state index contributed by atoms with van der Waals surface area (Å²) in [6.07, 6.45) is 0.280. The second-order valence-corrected chi connectivity index (χ2v) is 7.05. The first kappa shape index (κ1) is 15.7. The van der Waals surface area contributed by atoms with Gasteiger partial charge in [-0.1, -0.05) is 26.0 Å². The molecule has 2 N–H and O–H groups in total. The SMILES string of the molecule is CC(C)[C@@H]1NCc2sc(NC(=O)Cc3ccc(C#N)cc3)nc21. The highest BCUT2D eigenvalue weighted by molar-refractivity contribution is 7.15. The van der Waals surface area contributed by atoms with Crippen molar-refractivity contribution in [3.8, 4) is 6.07 Å². The van der Waals surface area contributed by atoms with E-state index in [4.69, 9.17) is 5.26 Å². The van der Waals surface area contributed by atoms with E-state index >= 15 is 0 Å². The summed E-state index contributed by atoms with van der Waals surface area (Å²) in [4.78, 5) is 17.9. The van der Waals surface area contributed by atoms with Crippen LogP contribution in [-0.2, 0) is 17.8 Å². The van der Waals surface area contributed by atoms with Gasteiger partial charge in [-0.25, -0.2) is 4.98 Å². The normalized spacial score (nSPS) is 16.2. The van der Waals surface area contributed by atoms with Crippen LogP contribution < -0.4 is 10.6 Å². The third-order valence-corrected chi connectivity index (χ3v) is 4.85. The fourth-order valence-corrected chi connectivity index (χ4v) is 3.66. The average Bonchev–Trinajstić information content (AvgIpc) is 3.07. The second kappa shape index (κ2) is 6.49. The van der Waals surface area contributed by atoms with Gasteiger partial charge in [-0.05, 0) is 23.6 Å². The number of amides is 1. The van der Waals surface area contributed by atoms with Crippen molar-refractivity contribution in [1.29, 1.82) is 5.26 Å². The molecule has 1 aromatic carbocycles. The quantitative estimate of drug-likeness (QED) is 0.905. The molecule has 2 aromatic rings. The topological polar surface area (TPSA) is 77.8 Å². The molecule has 1 amide bonds. The van der Waals surface area contributed by atoms with E-state index in [-0.39, 0.29) is 18.4 Å². The van der Waals surface area contributed by atoms with Crippen LogP contribution >= 0.6 is 11.3 Å². The van der Waals surface area contributed by atoms with Crippen LogP contribution in [0.25, 0.3) is 0 Å². The number of carbonyl (C=O) groups excluding carboxylic acids is 1. The molecule has 1 aromatic heterocycles. The highest BCUT2D eigenvalue weighted by Gasteiger charge is 2.29. The number of nitriles is 1. The Kier molecular flexibility index (Phi) is 4.42. The standard InChI is InChI=1S/C17H18N4OS/c1-10(2)15-16-13(9-19-15)23-17(21-16)20-14(22)7-11-3-5-12(8-18)6-4-11/h3-6,10,15,19H,7,9H2,1-2H3,(H,20,21,22)/t15-/m0/s1. The molecule has 2 heterocycles. The fourth-order valence-electron chi connectivity index (χ4n) is 2.68. The second-order valence-electron chi connectivity index (χ2n) is 5.96. The van der Waals surface area contributed by atoms with Gasteiger partial charge in [0.05, 0.1) is 29.8 Å².